The molecule has 7 nitrogen and oxygen atoms in total. The predicted molar refractivity (Wildman–Crippen MR) is 79.5 cm³/mol. The smallest absolute Gasteiger partial charge is 0.271 e. The predicted octanol–water partition coefficient (Wildman–Crippen LogP) is 1.58. The van der Waals surface area contributed by atoms with Crippen LogP contribution in [-0.2, 0) is 0 Å². The first-order valence-electron chi connectivity index (χ1n) is 6.24. The highest BCUT2D eigenvalue weighted by atomic mass is 16.5. The van der Waals surface area contributed by atoms with Gasteiger partial charge < -0.3 is 20.1 Å². The van der Waals surface area contributed by atoms with Crippen LogP contribution < -0.4 is 10.2 Å². The van der Waals surface area contributed by atoms with Crippen molar-refractivity contribution in [2.75, 3.05) is 7.11 Å². The molecule has 0 fully saturated rings. The third-order valence-corrected chi connectivity index (χ3v) is 2.84. The summed E-state index contributed by atoms with van der Waals surface area (Å²) < 4.78 is 5.13. The van der Waals surface area contributed by atoms with Crippen molar-refractivity contribution >= 4 is 12.1 Å². The number of ether oxygens (including phenoxy) is 1. The minimum Gasteiger partial charge on any atom is -0.504 e. The standard InChI is InChI=1S/C15H14N2O5/c1-22-13-5-3-2-4-9(13)8-16-17-15(21)10-6-11(18)14(20)12(19)7-10/h2-8,18-20H,1H3,(H,17,21)/b16-8+. The van der Waals surface area contributed by atoms with Gasteiger partial charge in [0.15, 0.2) is 17.2 Å². The number of phenols is 3. The van der Waals surface area contributed by atoms with Gasteiger partial charge in [0.2, 0.25) is 0 Å². The van der Waals surface area contributed by atoms with E-state index in [0.29, 0.717) is 11.3 Å². The van der Waals surface area contributed by atoms with Crippen LogP contribution in [0.15, 0.2) is 41.5 Å². The number of hydrogen-bond acceptors (Lipinski definition) is 6. The zero-order valence-corrected chi connectivity index (χ0v) is 11.6. The van der Waals surface area contributed by atoms with Crippen LogP contribution in [0, 0.1) is 0 Å². The second-order valence-corrected chi connectivity index (χ2v) is 4.30. The van der Waals surface area contributed by atoms with Crippen LogP contribution in [0.4, 0.5) is 0 Å². The number of carbonyl (C=O) groups is 1. The highest BCUT2D eigenvalue weighted by Crippen LogP contribution is 2.35. The molecule has 0 bridgehead atoms. The number of aromatic hydroxyl groups is 3. The van der Waals surface area contributed by atoms with Crippen molar-refractivity contribution in [1.29, 1.82) is 0 Å². The topological polar surface area (TPSA) is 111 Å². The maximum absolute atomic E-state index is 11.8. The van der Waals surface area contributed by atoms with E-state index in [9.17, 15) is 20.1 Å². The van der Waals surface area contributed by atoms with E-state index < -0.39 is 23.2 Å². The minimum absolute atomic E-state index is 0.0509. The Bertz CT molecular complexity index is 705. The molecule has 114 valence electrons. The van der Waals surface area contributed by atoms with Crippen molar-refractivity contribution in [2.45, 2.75) is 0 Å². The number of benzene rings is 2. The lowest BCUT2D eigenvalue weighted by molar-refractivity contribution is 0.0954. The number of phenolic OH excluding ortho intramolecular Hbond substituents is 3. The van der Waals surface area contributed by atoms with E-state index >= 15 is 0 Å². The Labute approximate surface area is 126 Å². The number of amides is 1. The molecule has 2 aromatic carbocycles. The molecule has 22 heavy (non-hydrogen) atoms. The van der Waals surface area contributed by atoms with E-state index in [2.05, 4.69) is 10.5 Å². The molecular formula is C15H14N2O5. The molecule has 0 radical (unpaired) electrons. The van der Waals surface area contributed by atoms with Gasteiger partial charge in [-0.2, -0.15) is 5.10 Å². The van der Waals surface area contributed by atoms with Crippen molar-refractivity contribution in [3.63, 3.8) is 0 Å². The summed E-state index contributed by atoms with van der Waals surface area (Å²) in [6, 6.07) is 9.14. The van der Waals surface area contributed by atoms with Gasteiger partial charge in [0.05, 0.1) is 13.3 Å². The van der Waals surface area contributed by atoms with Crippen molar-refractivity contribution in [2.24, 2.45) is 5.10 Å². The van der Waals surface area contributed by atoms with E-state index in [1.165, 1.54) is 13.3 Å². The summed E-state index contributed by atoms with van der Waals surface area (Å²) in [4.78, 5) is 11.8. The van der Waals surface area contributed by atoms with Crippen molar-refractivity contribution in [1.82, 2.24) is 5.43 Å². The fraction of sp³-hybridized carbons (Fsp3) is 0.0667. The van der Waals surface area contributed by atoms with Crippen LogP contribution in [0.25, 0.3) is 0 Å². The first-order chi connectivity index (χ1) is 10.5. The van der Waals surface area contributed by atoms with E-state index in [0.717, 1.165) is 12.1 Å². The third-order valence-electron chi connectivity index (χ3n) is 2.84. The number of para-hydroxylation sites is 1. The molecule has 1 amide bonds. The molecule has 0 atom stereocenters. The Morgan fingerprint density at radius 3 is 2.45 bits per heavy atom. The Kier molecular flexibility index (Phi) is 4.47. The second kappa shape index (κ2) is 6.49. The maximum Gasteiger partial charge on any atom is 0.271 e. The summed E-state index contributed by atoms with van der Waals surface area (Å²) in [6.07, 6.45) is 1.40. The quantitative estimate of drug-likeness (QED) is 0.389. The first-order valence-corrected chi connectivity index (χ1v) is 6.24. The lowest BCUT2D eigenvalue weighted by Gasteiger charge is -2.05. The third kappa shape index (κ3) is 3.26. The van der Waals surface area contributed by atoms with Gasteiger partial charge in [0.25, 0.3) is 5.91 Å². The average molecular weight is 302 g/mol. The van der Waals surface area contributed by atoms with Crippen LogP contribution in [0.1, 0.15) is 15.9 Å². The molecule has 0 heterocycles. The van der Waals surface area contributed by atoms with Crippen LogP contribution >= 0.6 is 0 Å². The number of hydrogen-bond donors (Lipinski definition) is 4. The number of hydrazone groups is 1. The molecular weight excluding hydrogens is 288 g/mol. The average Bonchev–Trinajstić information content (AvgIpc) is 2.52. The SMILES string of the molecule is COc1ccccc1/C=N/NC(=O)c1cc(O)c(O)c(O)c1. The maximum atomic E-state index is 11.8. The fourth-order valence-corrected chi connectivity index (χ4v) is 1.73. The largest absolute Gasteiger partial charge is 0.504 e. The highest BCUT2D eigenvalue weighted by Gasteiger charge is 2.12. The van der Waals surface area contributed by atoms with Gasteiger partial charge in [-0.3, -0.25) is 4.79 Å². The molecule has 0 aliphatic carbocycles. The van der Waals surface area contributed by atoms with Gasteiger partial charge in [0.1, 0.15) is 5.75 Å². The van der Waals surface area contributed by atoms with Gasteiger partial charge in [-0.15, -0.1) is 0 Å². The Hall–Kier alpha value is -3.22. The number of methoxy groups -OCH3 is 1. The molecule has 0 aliphatic rings. The Morgan fingerprint density at radius 2 is 1.82 bits per heavy atom. The molecule has 0 spiro atoms. The van der Waals surface area contributed by atoms with Gasteiger partial charge in [-0.1, -0.05) is 12.1 Å². The highest BCUT2D eigenvalue weighted by molar-refractivity contribution is 5.96. The Morgan fingerprint density at radius 1 is 1.18 bits per heavy atom. The van der Waals surface area contributed by atoms with Crippen molar-refractivity contribution in [3.05, 3.63) is 47.5 Å². The van der Waals surface area contributed by atoms with Crippen molar-refractivity contribution in [3.8, 4) is 23.0 Å². The molecule has 0 saturated heterocycles. The normalized spacial score (nSPS) is 10.6. The first kappa shape index (κ1) is 15.2. The van der Waals surface area contributed by atoms with Gasteiger partial charge in [-0.05, 0) is 24.3 Å². The molecule has 0 saturated carbocycles. The molecule has 7 heteroatoms. The monoisotopic (exact) mass is 302 g/mol. The summed E-state index contributed by atoms with van der Waals surface area (Å²) >= 11 is 0. The van der Waals surface area contributed by atoms with Gasteiger partial charge in [-0.25, -0.2) is 5.43 Å². The number of rotatable bonds is 4. The van der Waals surface area contributed by atoms with Gasteiger partial charge in [0, 0.05) is 11.1 Å². The van der Waals surface area contributed by atoms with E-state index in [1.54, 1.807) is 24.3 Å². The molecule has 2 aromatic rings. The molecule has 2 rings (SSSR count). The summed E-state index contributed by atoms with van der Waals surface area (Å²) in [6.45, 7) is 0. The van der Waals surface area contributed by atoms with E-state index in [-0.39, 0.29) is 5.56 Å². The lowest BCUT2D eigenvalue weighted by atomic mass is 10.2. The second-order valence-electron chi connectivity index (χ2n) is 4.30. The zero-order valence-electron chi connectivity index (χ0n) is 11.6. The molecule has 0 aromatic heterocycles. The lowest BCUT2D eigenvalue weighted by Crippen LogP contribution is -2.17. The number of nitrogens with one attached hydrogen (secondary N) is 1. The summed E-state index contributed by atoms with van der Waals surface area (Å²) in [5, 5.41) is 31.7. The van der Waals surface area contributed by atoms with Crippen LogP contribution in [-0.4, -0.2) is 34.6 Å². The zero-order chi connectivity index (χ0) is 16.1. The summed E-state index contributed by atoms with van der Waals surface area (Å²) in [7, 11) is 1.52. The molecule has 0 unspecified atom stereocenters. The van der Waals surface area contributed by atoms with Crippen LogP contribution in [0.3, 0.4) is 0 Å². The minimum atomic E-state index is -0.686. The van der Waals surface area contributed by atoms with Gasteiger partial charge >= 0.3 is 0 Å². The van der Waals surface area contributed by atoms with E-state index in [1.807, 2.05) is 0 Å². The molecule has 0 aliphatic heterocycles. The summed E-state index contributed by atoms with van der Waals surface area (Å²) in [5.74, 6) is -1.94. The van der Waals surface area contributed by atoms with E-state index in [4.69, 9.17) is 4.74 Å². The number of nitrogens with zero attached hydrogens (tertiary/aromatic N) is 1. The number of carbonyl (C=O) groups excluding carboxylic acids is 1. The fourth-order valence-electron chi connectivity index (χ4n) is 1.73. The molecule has 4 N–H and O–H groups in total. The van der Waals surface area contributed by atoms with Crippen LogP contribution in [0.2, 0.25) is 0 Å². The Balaban J connectivity index is 2.11. The summed E-state index contributed by atoms with van der Waals surface area (Å²) in [5.41, 5.74) is 2.86. The van der Waals surface area contributed by atoms with Crippen molar-refractivity contribution < 1.29 is 24.9 Å². The van der Waals surface area contributed by atoms with Crippen LogP contribution in [0.5, 0.6) is 23.0 Å².